The number of aromatic carboxylic acids is 1. The number of H-pyrrole nitrogens is 3. The molecule has 0 saturated carbocycles. The van der Waals surface area contributed by atoms with Gasteiger partial charge in [0.2, 0.25) is 6.41 Å². The van der Waals surface area contributed by atoms with E-state index < -0.39 is 82.6 Å². The quantitative estimate of drug-likeness (QED) is 0.00752. The monoisotopic (exact) mass is 2030 g/mol. The fourth-order valence-corrected chi connectivity index (χ4v) is 16.3. The summed E-state index contributed by atoms with van der Waals surface area (Å²) in [6.07, 6.45) is 4.90. The number of nitrogens with two attached hydrogens (primary N) is 2. The average molecular weight is 2040 g/mol. The molecule has 20 rings (SSSR count). The molecule has 0 bridgehead atoms. The molecule has 0 radical (unpaired) electrons. The predicted octanol–water partition coefficient (Wildman–Crippen LogP) is 12.0. The number of aromatic amines is 3. The molecule has 0 unspecified atom stereocenters. The first kappa shape index (κ1) is 110. The van der Waals surface area contributed by atoms with Gasteiger partial charge in [0.15, 0.2) is 6.29 Å². The van der Waals surface area contributed by atoms with E-state index in [0.717, 1.165) is 60.8 Å². The van der Waals surface area contributed by atoms with Crippen LogP contribution in [0.3, 0.4) is 0 Å². The van der Waals surface area contributed by atoms with Gasteiger partial charge in [0.25, 0.3) is 56.6 Å². The van der Waals surface area contributed by atoms with Crippen LogP contribution in [0.5, 0.6) is 0 Å². The number of nitro groups is 5. The number of anilines is 2. The number of pyridine rings is 4. The van der Waals surface area contributed by atoms with Gasteiger partial charge in [-0.3, -0.25) is 112 Å². The number of methoxy groups -OCH3 is 4. The van der Waals surface area contributed by atoms with Gasteiger partial charge in [-0.2, -0.15) is 0 Å². The summed E-state index contributed by atoms with van der Waals surface area (Å²) in [5.41, 5.74) is 18.3. The van der Waals surface area contributed by atoms with Crippen LogP contribution in [0.25, 0.3) is 121 Å². The molecule has 10 heterocycles. The van der Waals surface area contributed by atoms with Crippen LogP contribution in [0.1, 0.15) is 77.6 Å². The Bertz CT molecular complexity index is 8650. The summed E-state index contributed by atoms with van der Waals surface area (Å²) >= 11 is 0. The summed E-state index contributed by atoms with van der Waals surface area (Å²) in [5, 5.41) is 74.1. The van der Waals surface area contributed by atoms with Crippen LogP contribution >= 0.6 is 0 Å². The molecule has 1 aliphatic rings. The van der Waals surface area contributed by atoms with Gasteiger partial charge in [0.05, 0.1) is 114 Å². The zero-order valence-electron chi connectivity index (χ0n) is 79.9. The number of nitrogens with zero attached hydrogens (tertiary/aromatic N) is 11. The molecule has 1 aliphatic heterocycles. The number of carboxylic acid groups (broad SMARTS) is 1. The van der Waals surface area contributed by atoms with E-state index >= 15 is 0 Å². The van der Waals surface area contributed by atoms with Crippen molar-refractivity contribution in [3.63, 3.8) is 0 Å². The van der Waals surface area contributed by atoms with Crippen LogP contribution in [0.4, 0.5) is 39.8 Å². The predicted molar refractivity (Wildman–Crippen MR) is 547 cm³/mol. The number of carboxylic acids is 1. The number of carbonyl (C=O) groups is 8. The Hall–Kier alpha value is -19.6. The maximum Gasteiger partial charge on any atom is 1.00 e. The fraction of sp³-hybridized carbons (Fsp3) is 0.118. The molecule has 9 aromatic heterocycles. The molecular weight excluding hydrogens is 1950 g/mol. The number of aryl methyl sites for hydroxylation is 2. The summed E-state index contributed by atoms with van der Waals surface area (Å²) in [7, 11) is 8.52. The van der Waals surface area contributed by atoms with E-state index in [9.17, 15) is 108 Å². The number of nitro benzene ring substituents is 5. The Morgan fingerprint density at radius 3 is 1.01 bits per heavy atom. The zero-order chi connectivity index (χ0) is 106. The van der Waals surface area contributed by atoms with Gasteiger partial charge >= 0.3 is 59.4 Å². The van der Waals surface area contributed by atoms with Crippen molar-refractivity contribution in [1.29, 1.82) is 0 Å². The van der Waals surface area contributed by atoms with Crippen molar-refractivity contribution in [2.45, 2.75) is 25.7 Å². The number of aromatic nitrogens is 9. The van der Waals surface area contributed by atoms with Gasteiger partial charge in [-0.1, -0.05) is 97.4 Å². The number of hydrogen-bond acceptors (Lipinski definition) is 29. The minimum Gasteiger partial charge on any atom is -0.870 e. The number of ether oxygens (including phenoxy) is 4. The molecular formula is C102H87N18NaO28. The maximum atomic E-state index is 13.2. The van der Waals surface area contributed by atoms with E-state index in [1.54, 1.807) is 12.1 Å². The Morgan fingerprint density at radius 1 is 0.389 bits per heavy atom. The molecule has 11 N–H and O–H groups in total. The van der Waals surface area contributed by atoms with Gasteiger partial charge < -0.3 is 75.7 Å². The third kappa shape index (κ3) is 23.8. The van der Waals surface area contributed by atoms with Crippen LogP contribution in [0, 0.1) is 50.6 Å². The van der Waals surface area contributed by atoms with Crippen molar-refractivity contribution in [2.75, 3.05) is 46.8 Å². The van der Waals surface area contributed by atoms with Crippen LogP contribution < -0.4 is 73.9 Å². The zero-order valence-corrected chi connectivity index (χ0v) is 81.9. The number of fused-ring (bicyclic) bond motifs is 13. The smallest absolute Gasteiger partial charge is 0.870 e. The second-order valence-corrected chi connectivity index (χ2v) is 31.8. The fourth-order valence-electron chi connectivity index (χ4n) is 16.3. The first-order valence-electron chi connectivity index (χ1n) is 44.0. The molecule has 754 valence electrons. The van der Waals surface area contributed by atoms with Crippen LogP contribution in [0.15, 0.2) is 286 Å². The molecule has 0 spiro atoms. The normalized spacial score (nSPS) is 11.0. The summed E-state index contributed by atoms with van der Waals surface area (Å²) in [5.74, 6) is -4.83. The topological polar surface area (TPSA) is 661 Å². The molecule has 1 saturated heterocycles. The molecule has 2 amide bonds. The third-order valence-electron chi connectivity index (χ3n) is 23.2. The van der Waals surface area contributed by atoms with Gasteiger partial charge in [0.1, 0.15) is 34.4 Å². The third-order valence-corrected chi connectivity index (χ3v) is 23.2. The van der Waals surface area contributed by atoms with Crippen LogP contribution in [-0.2, 0) is 47.4 Å². The number of non-ortho nitro benzene ring substituents is 5. The largest absolute Gasteiger partial charge is 1.00 e. The SMILES string of the molecule is C1CCNCC1.COC(=O)CC(=O)OC.COC(=O)c1cc2[nH]c3ccccc3c2n(-c2ccc([N+](=O)[O-])cc2)c1=O.COC(=O)c1cc2c(c3ccccc3n2C)n(-c2ccc([N+](=O)[O-])cc2)c1=O.Cn1c2ccccc2c2c1cc(C(N)=O)c(=O)n2-c1ccc([N+](=O)[O-])cc1.NC=O.O=C(O)c1cc2[nH]c3ccccc3c2n(-c2ccc([N+](=O)[O-])cc2)c1=O.O=Cc1[nH]c2ccccc2c1Nc1ccc([N+](=O)[O-])cc1.[Na+].[OH-]. The summed E-state index contributed by atoms with van der Waals surface area (Å²) in [4.78, 5) is 201. The second-order valence-electron chi connectivity index (χ2n) is 31.8. The molecule has 0 aliphatic carbocycles. The van der Waals surface area contributed by atoms with Crippen molar-refractivity contribution >= 4 is 187 Å². The second kappa shape index (κ2) is 48.9. The van der Waals surface area contributed by atoms with Crippen LogP contribution in [-0.4, -0.2) is 168 Å². The number of piperidine rings is 1. The number of aldehydes is 1. The van der Waals surface area contributed by atoms with Crippen molar-refractivity contribution < 1.29 is 122 Å². The minimum absolute atomic E-state index is 0. The van der Waals surface area contributed by atoms with Crippen molar-refractivity contribution in [1.82, 2.24) is 47.7 Å². The number of amides is 2. The first-order chi connectivity index (χ1) is 70.6. The molecule has 46 nitrogen and oxygen atoms in total. The van der Waals surface area contributed by atoms with E-state index in [2.05, 4.69) is 40.8 Å². The maximum absolute atomic E-state index is 13.2. The van der Waals surface area contributed by atoms with Gasteiger partial charge in [-0.15, -0.1) is 0 Å². The standard InChI is InChI=1S/C20H15N3O5.C19H14N4O4.C19H13N3O5.C18H11N3O5.C15H11N3O3.C5H11N.C5H8O4.CH3NO.Na.H2O/c1-21-16-6-4-3-5-14(16)18-17(21)11-15(20(25)28-2)19(24)22(18)12-7-9-13(10-8-12)23(26)27;1-21-15-5-3-2-4-13(15)17-16(21)10-14(18(20)24)19(25)22(17)11-6-8-12(9-7-11)23(26)27;1-27-19(24)14-10-16-17(13-4-2-3-5-15(13)20-16)21(18(14)23)11-6-8-12(9-7-11)22(25)26;22-17-13(18(23)24)9-15-16(12-3-1-2-4-14(12)19-15)20(17)10-5-7-11(8-6-10)21(25)26;19-9-14-15(12-3-1-2-4-13(12)17-14)16-10-5-7-11(8-6-10)18(20)21;1-2-4-6-5-3-1;1-8-4(6)3-5(7)9-2;2-1-3;;/h3-11H,1-2H3;2-10H,1H3,(H2,20,24);2-10,20H,1H3;1-9,19H,(H,23,24);1-9,16-17H;6H,1-5H2;3H2,1-2H3;1H,(H2,2,3);;1H2/q;;;;;;;;+1;/p-1. The Morgan fingerprint density at radius 2 is 0.691 bits per heavy atom. The summed E-state index contributed by atoms with van der Waals surface area (Å²) in [6, 6.07) is 71.3. The van der Waals surface area contributed by atoms with Crippen LogP contribution in [0.2, 0.25) is 0 Å². The van der Waals surface area contributed by atoms with E-state index in [-0.39, 0.29) is 98.6 Å². The summed E-state index contributed by atoms with van der Waals surface area (Å²) in [6.45, 7) is 2.50. The van der Waals surface area contributed by atoms with E-state index in [0.29, 0.717) is 84.0 Å². The van der Waals surface area contributed by atoms with E-state index in [1.807, 2.05) is 145 Å². The van der Waals surface area contributed by atoms with Crippen molar-refractivity contribution in [2.24, 2.45) is 25.6 Å². The van der Waals surface area contributed by atoms with E-state index in [1.165, 1.54) is 213 Å². The average Bonchev–Trinajstić information content (AvgIpc) is 1.56. The molecule has 47 heteroatoms. The molecule has 149 heavy (non-hydrogen) atoms. The number of hydrogen-bond donors (Lipinski definition) is 8. The van der Waals surface area contributed by atoms with E-state index in [4.69, 9.17) is 20.0 Å². The number of primary amides is 2. The first-order valence-corrected chi connectivity index (χ1v) is 44.0. The molecule has 1 fully saturated rings. The number of rotatable bonds is 18. The number of benzene rings is 10. The molecule has 19 aromatic rings. The Kier molecular flexibility index (Phi) is 36.1. The Labute approximate surface area is 859 Å². The van der Waals surface area contributed by atoms with Gasteiger partial charge in [0, 0.05) is 147 Å². The van der Waals surface area contributed by atoms with Crippen molar-refractivity contribution in [3.05, 3.63) is 387 Å². The number of para-hydroxylation sites is 5. The number of nitrogens with one attached hydrogen (secondary N) is 5. The van der Waals surface area contributed by atoms with Gasteiger partial charge in [-0.05, 0) is 141 Å². The molecule has 0 atom stereocenters. The number of esters is 4. The van der Waals surface area contributed by atoms with Crippen molar-refractivity contribution in [3.8, 4) is 22.7 Å². The molecule has 10 aromatic carbocycles. The number of carbonyl (C=O) groups excluding carboxylic acids is 7. The minimum atomic E-state index is -1.34. The Balaban J connectivity index is 0.000000169. The van der Waals surface area contributed by atoms with Gasteiger partial charge in [-0.25, -0.2) is 14.4 Å². The summed E-state index contributed by atoms with van der Waals surface area (Å²) < 4.78 is 27.0.